The SMILES string of the molecule is COC(COCCOC(C)C)OC. The molecule has 4 heteroatoms. The van der Waals surface area contributed by atoms with E-state index in [1.165, 1.54) is 0 Å². The summed E-state index contributed by atoms with van der Waals surface area (Å²) < 4.78 is 20.4. The number of hydrogen-bond donors (Lipinski definition) is 0. The summed E-state index contributed by atoms with van der Waals surface area (Å²) in [4.78, 5) is 0. The molecule has 0 aromatic carbocycles. The molecule has 0 aliphatic carbocycles. The first kappa shape index (κ1) is 12.8. The van der Waals surface area contributed by atoms with Gasteiger partial charge in [-0.05, 0) is 13.8 Å². The van der Waals surface area contributed by atoms with Gasteiger partial charge in [0.05, 0.1) is 25.9 Å². The Morgan fingerprint density at radius 3 is 2.08 bits per heavy atom. The summed E-state index contributed by atoms with van der Waals surface area (Å²) in [6.07, 6.45) is -0.0247. The van der Waals surface area contributed by atoms with E-state index in [4.69, 9.17) is 18.9 Å². The van der Waals surface area contributed by atoms with Crippen molar-refractivity contribution in [2.45, 2.75) is 26.2 Å². The van der Waals surface area contributed by atoms with Gasteiger partial charge in [-0.3, -0.25) is 0 Å². The van der Waals surface area contributed by atoms with Gasteiger partial charge in [0, 0.05) is 14.2 Å². The van der Waals surface area contributed by atoms with Crippen LogP contribution in [0.1, 0.15) is 13.8 Å². The Labute approximate surface area is 80.1 Å². The van der Waals surface area contributed by atoms with Gasteiger partial charge in [0.15, 0.2) is 6.29 Å². The predicted molar refractivity (Wildman–Crippen MR) is 49.7 cm³/mol. The first-order valence-corrected chi connectivity index (χ1v) is 4.45. The maximum atomic E-state index is 5.28. The summed E-state index contributed by atoms with van der Waals surface area (Å²) in [5, 5.41) is 0. The van der Waals surface area contributed by atoms with E-state index in [0.717, 1.165) is 0 Å². The van der Waals surface area contributed by atoms with Crippen LogP contribution in [0.15, 0.2) is 0 Å². The fraction of sp³-hybridized carbons (Fsp3) is 1.00. The van der Waals surface area contributed by atoms with E-state index >= 15 is 0 Å². The van der Waals surface area contributed by atoms with E-state index in [1.54, 1.807) is 14.2 Å². The Morgan fingerprint density at radius 1 is 1.00 bits per heavy atom. The smallest absolute Gasteiger partial charge is 0.180 e. The van der Waals surface area contributed by atoms with Crippen LogP contribution in [0.25, 0.3) is 0 Å². The third-order valence-electron chi connectivity index (χ3n) is 1.46. The Hall–Kier alpha value is -0.160. The quantitative estimate of drug-likeness (QED) is 0.425. The number of hydrogen-bond acceptors (Lipinski definition) is 4. The van der Waals surface area contributed by atoms with Crippen LogP contribution in [-0.2, 0) is 18.9 Å². The minimum absolute atomic E-state index is 0.254. The lowest BCUT2D eigenvalue weighted by molar-refractivity contribution is -0.144. The fourth-order valence-electron chi connectivity index (χ4n) is 0.755. The van der Waals surface area contributed by atoms with E-state index in [2.05, 4.69) is 0 Å². The van der Waals surface area contributed by atoms with Crippen molar-refractivity contribution in [3.8, 4) is 0 Å². The molecule has 0 aromatic rings. The van der Waals surface area contributed by atoms with Gasteiger partial charge in [-0.1, -0.05) is 0 Å². The summed E-state index contributed by atoms with van der Waals surface area (Å²) >= 11 is 0. The van der Waals surface area contributed by atoms with Crippen molar-refractivity contribution in [2.75, 3.05) is 34.0 Å². The zero-order valence-electron chi connectivity index (χ0n) is 8.91. The minimum atomic E-state index is -0.279. The Bertz CT molecular complexity index is 102. The third kappa shape index (κ3) is 8.18. The summed E-state index contributed by atoms with van der Waals surface area (Å²) in [5.74, 6) is 0. The molecule has 0 aliphatic rings. The molecule has 0 radical (unpaired) electrons. The monoisotopic (exact) mass is 192 g/mol. The lowest BCUT2D eigenvalue weighted by Gasteiger charge is -2.13. The van der Waals surface area contributed by atoms with Gasteiger partial charge in [-0.15, -0.1) is 0 Å². The average Bonchev–Trinajstić information content (AvgIpc) is 2.11. The third-order valence-corrected chi connectivity index (χ3v) is 1.46. The molecule has 0 unspecified atom stereocenters. The standard InChI is InChI=1S/C9H20O4/c1-8(2)13-6-5-12-7-9(10-3)11-4/h8-9H,5-7H2,1-4H3. The van der Waals surface area contributed by atoms with Crippen molar-refractivity contribution in [3.05, 3.63) is 0 Å². The lowest BCUT2D eigenvalue weighted by atomic mass is 10.5. The highest BCUT2D eigenvalue weighted by atomic mass is 16.7. The molecule has 13 heavy (non-hydrogen) atoms. The second-order valence-corrected chi connectivity index (χ2v) is 2.90. The second-order valence-electron chi connectivity index (χ2n) is 2.90. The van der Waals surface area contributed by atoms with Crippen LogP contribution >= 0.6 is 0 Å². The maximum Gasteiger partial charge on any atom is 0.180 e. The molecule has 4 nitrogen and oxygen atoms in total. The Balaban J connectivity index is 3.14. The summed E-state index contributed by atoms with van der Waals surface area (Å²) in [7, 11) is 3.17. The van der Waals surface area contributed by atoms with Crippen molar-refractivity contribution < 1.29 is 18.9 Å². The van der Waals surface area contributed by atoms with Crippen molar-refractivity contribution in [1.29, 1.82) is 0 Å². The van der Waals surface area contributed by atoms with Crippen molar-refractivity contribution in [2.24, 2.45) is 0 Å². The van der Waals surface area contributed by atoms with Crippen LogP contribution in [0.3, 0.4) is 0 Å². The molecule has 80 valence electrons. The van der Waals surface area contributed by atoms with Crippen molar-refractivity contribution in [1.82, 2.24) is 0 Å². The highest BCUT2D eigenvalue weighted by Gasteiger charge is 2.03. The van der Waals surface area contributed by atoms with Gasteiger partial charge in [0.1, 0.15) is 0 Å². The van der Waals surface area contributed by atoms with Gasteiger partial charge >= 0.3 is 0 Å². The molecule has 0 atom stereocenters. The zero-order chi connectivity index (χ0) is 10.1. The minimum Gasteiger partial charge on any atom is -0.376 e. The highest BCUT2D eigenvalue weighted by Crippen LogP contribution is 1.92. The van der Waals surface area contributed by atoms with Gasteiger partial charge in [-0.25, -0.2) is 0 Å². The maximum absolute atomic E-state index is 5.28. The van der Waals surface area contributed by atoms with Gasteiger partial charge in [0.2, 0.25) is 0 Å². The zero-order valence-corrected chi connectivity index (χ0v) is 8.91. The molecule has 0 aromatic heterocycles. The normalized spacial score (nSPS) is 11.5. The Kier molecular flexibility index (Phi) is 8.33. The predicted octanol–water partition coefficient (Wildman–Crippen LogP) is 1.05. The van der Waals surface area contributed by atoms with Crippen LogP contribution in [0.5, 0.6) is 0 Å². The molecule has 0 N–H and O–H groups in total. The van der Waals surface area contributed by atoms with Crippen LogP contribution in [0, 0.1) is 0 Å². The first-order chi connectivity index (χ1) is 6.20. The van der Waals surface area contributed by atoms with Gasteiger partial charge in [0.25, 0.3) is 0 Å². The molecule has 0 amide bonds. The van der Waals surface area contributed by atoms with E-state index in [1.807, 2.05) is 13.8 Å². The molecule has 0 saturated heterocycles. The molecule has 0 rings (SSSR count). The average molecular weight is 192 g/mol. The Morgan fingerprint density at radius 2 is 1.62 bits per heavy atom. The molecule has 0 fully saturated rings. The van der Waals surface area contributed by atoms with Gasteiger partial charge in [-0.2, -0.15) is 0 Å². The molecule has 0 spiro atoms. The first-order valence-electron chi connectivity index (χ1n) is 4.45. The van der Waals surface area contributed by atoms with Gasteiger partial charge < -0.3 is 18.9 Å². The molecule has 0 bridgehead atoms. The second kappa shape index (κ2) is 8.44. The topological polar surface area (TPSA) is 36.9 Å². The molecular weight excluding hydrogens is 172 g/mol. The van der Waals surface area contributed by atoms with Crippen molar-refractivity contribution in [3.63, 3.8) is 0 Å². The summed E-state index contributed by atoms with van der Waals surface area (Å²) in [5.41, 5.74) is 0. The number of methoxy groups -OCH3 is 2. The summed E-state index contributed by atoms with van der Waals surface area (Å²) in [6.45, 7) is 5.61. The van der Waals surface area contributed by atoms with E-state index in [9.17, 15) is 0 Å². The van der Waals surface area contributed by atoms with Crippen LogP contribution in [-0.4, -0.2) is 46.4 Å². The van der Waals surface area contributed by atoms with Crippen LogP contribution in [0.4, 0.5) is 0 Å². The lowest BCUT2D eigenvalue weighted by Crippen LogP contribution is -2.21. The van der Waals surface area contributed by atoms with Crippen LogP contribution < -0.4 is 0 Å². The number of rotatable bonds is 8. The highest BCUT2D eigenvalue weighted by molar-refractivity contribution is 4.40. The van der Waals surface area contributed by atoms with E-state index in [-0.39, 0.29) is 12.4 Å². The van der Waals surface area contributed by atoms with E-state index < -0.39 is 0 Å². The molecule has 0 saturated carbocycles. The molecular formula is C9H20O4. The summed E-state index contributed by atoms with van der Waals surface area (Å²) in [6, 6.07) is 0. The number of ether oxygens (including phenoxy) is 4. The molecule has 0 heterocycles. The largest absolute Gasteiger partial charge is 0.376 e. The fourth-order valence-corrected chi connectivity index (χ4v) is 0.755. The van der Waals surface area contributed by atoms with E-state index in [0.29, 0.717) is 19.8 Å². The molecule has 0 aliphatic heterocycles. The van der Waals surface area contributed by atoms with Crippen molar-refractivity contribution >= 4 is 0 Å². The van der Waals surface area contributed by atoms with Crippen LogP contribution in [0.2, 0.25) is 0 Å².